The lowest BCUT2D eigenvalue weighted by Crippen LogP contribution is -2.32. The monoisotopic (exact) mass is 329 g/mol. The van der Waals surface area contributed by atoms with E-state index in [0.717, 1.165) is 16.9 Å². The zero-order valence-electron chi connectivity index (χ0n) is 14.2. The Labute approximate surface area is 142 Å². The molecule has 0 saturated carbocycles. The molecule has 0 aromatic heterocycles. The first-order valence-corrected chi connectivity index (χ1v) is 7.77. The van der Waals surface area contributed by atoms with E-state index in [2.05, 4.69) is 12.2 Å². The Balaban J connectivity index is 1.98. The molecule has 0 heterocycles. The molecule has 0 aliphatic carbocycles. The Morgan fingerprint density at radius 1 is 1.08 bits per heavy atom. The molecule has 5 heteroatoms. The van der Waals surface area contributed by atoms with Crippen LogP contribution < -0.4 is 10.1 Å². The van der Waals surface area contributed by atoms with E-state index in [1.54, 1.807) is 26.4 Å². The average molecular weight is 329 g/mol. The molecule has 0 bridgehead atoms. The van der Waals surface area contributed by atoms with Crippen LogP contribution in [0.3, 0.4) is 0 Å². The first-order chi connectivity index (χ1) is 11.5. The summed E-state index contributed by atoms with van der Waals surface area (Å²) < 4.78 is 10.8. The number of rotatable bonds is 8. The summed E-state index contributed by atoms with van der Waals surface area (Å²) in [5, 5.41) is 12.3. The third-order valence-corrected chi connectivity index (χ3v) is 3.98. The van der Waals surface area contributed by atoms with Crippen LogP contribution in [0.1, 0.15) is 34.5 Å². The number of carboxylic acid groups (broad SMARTS) is 1. The normalized spacial score (nSPS) is 13.3. The number of aromatic carboxylic acids is 1. The Morgan fingerprint density at radius 3 is 2.21 bits per heavy atom. The van der Waals surface area contributed by atoms with Gasteiger partial charge >= 0.3 is 5.97 Å². The molecule has 0 radical (unpaired) electrons. The topological polar surface area (TPSA) is 67.8 Å². The van der Waals surface area contributed by atoms with Crippen LogP contribution in [0.4, 0.5) is 0 Å². The first kappa shape index (κ1) is 18.0. The van der Waals surface area contributed by atoms with Gasteiger partial charge in [0.05, 0.1) is 18.8 Å². The lowest BCUT2D eigenvalue weighted by Gasteiger charge is -2.24. The summed E-state index contributed by atoms with van der Waals surface area (Å²) in [5.74, 6) is -0.102. The molecule has 0 aliphatic heterocycles. The summed E-state index contributed by atoms with van der Waals surface area (Å²) in [6, 6.07) is 14.8. The van der Waals surface area contributed by atoms with Crippen LogP contribution in [-0.2, 0) is 11.3 Å². The summed E-state index contributed by atoms with van der Waals surface area (Å²) in [7, 11) is 3.33. The SMILES string of the molecule is COc1ccc(C(OC)C(C)NCc2ccc(C(=O)O)cc2)cc1. The van der Waals surface area contributed by atoms with E-state index in [1.807, 2.05) is 36.4 Å². The smallest absolute Gasteiger partial charge is 0.335 e. The fraction of sp³-hybridized carbons (Fsp3) is 0.316. The van der Waals surface area contributed by atoms with E-state index in [1.165, 1.54) is 0 Å². The molecule has 2 aromatic rings. The minimum absolute atomic E-state index is 0.0857. The van der Waals surface area contributed by atoms with Gasteiger partial charge in [-0.3, -0.25) is 0 Å². The van der Waals surface area contributed by atoms with Crippen molar-refractivity contribution in [3.63, 3.8) is 0 Å². The zero-order chi connectivity index (χ0) is 17.5. The first-order valence-electron chi connectivity index (χ1n) is 7.77. The Kier molecular flexibility index (Phi) is 6.35. The summed E-state index contributed by atoms with van der Waals surface area (Å²) >= 11 is 0. The van der Waals surface area contributed by atoms with Gasteiger partial charge in [-0.2, -0.15) is 0 Å². The lowest BCUT2D eigenvalue weighted by molar-refractivity contribution is 0.0697. The van der Waals surface area contributed by atoms with E-state index in [4.69, 9.17) is 14.6 Å². The highest BCUT2D eigenvalue weighted by atomic mass is 16.5. The minimum atomic E-state index is -0.915. The average Bonchev–Trinajstić information content (AvgIpc) is 2.61. The molecular formula is C19H23NO4. The maximum Gasteiger partial charge on any atom is 0.335 e. The third kappa shape index (κ3) is 4.57. The second-order valence-electron chi connectivity index (χ2n) is 5.60. The van der Waals surface area contributed by atoms with E-state index >= 15 is 0 Å². The molecule has 5 nitrogen and oxygen atoms in total. The maximum absolute atomic E-state index is 10.9. The molecule has 0 fully saturated rings. The fourth-order valence-electron chi connectivity index (χ4n) is 2.57. The van der Waals surface area contributed by atoms with Crippen molar-refractivity contribution in [2.75, 3.05) is 14.2 Å². The number of nitrogens with one attached hydrogen (secondary N) is 1. The van der Waals surface area contributed by atoms with Crippen LogP contribution in [0, 0.1) is 0 Å². The molecule has 0 spiro atoms. The van der Waals surface area contributed by atoms with Gasteiger partial charge in [-0.1, -0.05) is 24.3 Å². The third-order valence-electron chi connectivity index (χ3n) is 3.98. The molecule has 0 amide bonds. The molecule has 2 atom stereocenters. The second-order valence-corrected chi connectivity index (χ2v) is 5.60. The van der Waals surface area contributed by atoms with E-state index < -0.39 is 5.97 Å². The molecule has 2 unspecified atom stereocenters. The summed E-state index contributed by atoms with van der Waals surface area (Å²) in [4.78, 5) is 10.9. The van der Waals surface area contributed by atoms with E-state index in [0.29, 0.717) is 12.1 Å². The van der Waals surface area contributed by atoms with Crippen LogP contribution in [0.2, 0.25) is 0 Å². The summed E-state index contributed by atoms with van der Waals surface area (Å²) in [6.07, 6.45) is -0.0887. The molecule has 0 saturated heterocycles. The Hall–Kier alpha value is -2.37. The van der Waals surface area contributed by atoms with Gasteiger partial charge in [-0.15, -0.1) is 0 Å². The molecular weight excluding hydrogens is 306 g/mol. The van der Waals surface area contributed by atoms with Crippen LogP contribution in [0.15, 0.2) is 48.5 Å². The quantitative estimate of drug-likeness (QED) is 0.778. The van der Waals surface area contributed by atoms with Gasteiger partial charge in [0.15, 0.2) is 0 Å². The largest absolute Gasteiger partial charge is 0.497 e. The maximum atomic E-state index is 10.9. The number of hydrogen-bond donors (Lipinski definition) is 2. The summed E-state index contributed by atoms with van der Waals surface area (Å²) in [5.41, 5.74) is 2.38. The number of benzene rings is 2. The number of ether oxygens (including phenoxy) is 2. The van der Waals surface area contributed by atoms with E-state index in [-0.39, 0.29) is 12.1 Å². The van der Waals surface area contributed by atoms with Crippen molar-refractivity contribution in [2.24, 2.45) is 0 Å². The van der Waals surface area contributed by atoms with Gasteiger partial charge in [0.1, 0.15) is 5.75 Å². The number of carbonyl (C=O) groups is 1. The minimum Gasteiger partial charge on any atom is -0.497 e. The number of carboxylic acids is 1. The molecule has 2 rings (SSSR count). The van der Waals surface area contributed by atoms with Gasteiger partial charge in [-0.05, 0) is 42.3 Å². The van der Waals surface area contributed by atoms with Gasteiger partial charge in [0, 0.05) is 19.7 Å². The Morgan fingerprint density at radius 2 is 1.71 bits per heavy atom. The van der Waals surface area contributed by atoms with Crippen molar-refractivity contribution in [1.29, 1.82) is 0 Å². The predicted molar refractivity (Wildman–Crippen MR) is 92.4 cm³/mol. The Bertz CT molecular complexity index is 652. The molecule has 128 valence electrons. The fourth-order valence-corrected chi connectivity index (χ4v) is 2.57. The van der Waals surface area contributed by atoms with Gasteiger partial charge in [-0.25, -0.2) is 4.79 Å². The lowest BCUT2D eigenvalue weighted by atomic mass is 10.0. The van der Waals surface area contributed by atoms with Crippen molar-refractivity contribution < 1.29 is 19.4 Å². The van der Waals surface area contributed by atoms with Crippen molar-refractivity contribution in [2.45, 2.75) is 25.6 Å². The zero-order valence-corrected chi connectivity index (χ0v) is 14.2. The van der Waals surface area contributed by atoms with Crippen LogP contribution in [0.25, 0.3) is 0 Å². The van der Waals surface area contributed by atoms with Crippen LogP contribution in [0.5, 0.6) is 5.75 Å². The van der Waals surface area contributed by atoms with Gasteiger partial charge in [0.2, 0.25) is 0 Å². The number of methoxy groups -OCH3 is 2. The van der Waals surface area contributed by atoms with Crippen molar-refractivity contribution in [1.82, 2.24) is 5.32 Å². The second kappa shape index (κ2) is 8.47. The summed E-state index contributed by atoms with van der Waals surface area (Å²) in [6.45, 7) is 2.70. The van der Waals surface area contributed by atoms with Gasteiger partial charge < -0.3 is 19.9 Å². The molecule has 2 N–H and O–H groups in total. The highest BCUT2D eigenvalue weighted by Gasteiger charge is 2.18. The standard InChI is InChI=1S/C19H23NO4/c1-13(18(24-3)15-8-10-17(23-2)11-9-15)20-12-14-4-6-16(7-5-14)19(21)22/h4-11,13,18,20H,12H2,1-3H3,(H,21,22). The predicted octanol–water partition coefficient (Wildman–Crippen LogP) is 3.26. The highest BCUT2D eigenvalue weighted by Crippen LogP contribution is 2.23. The van der Waals surface area contributed by atoms with Crippen molar-refractivity contribution in [3.8, 4) is 5.75 Å². The molecule has 2 aromatic carbocycles. The number of hydrogen-bond acceptors (Lipinski definition) is 4. The van der Waals surface area contributed by atoms with Crippen molar-refractivity contribution in [3.05, 3.63) is 65.2 Å². The van der Waals surface area contributed by atoms with Crippen molar-refractivity contribution >= 4 is 5.97 Å². The van der Waals surface area contributed by atoms with E-state index in [9.17, 15) is 4.79 Å². The van der Waals surface area contributed by atoms with Gasteiger partial charge in [0.25, 0.3) is 0 Å². The highest BCUT2D eigenvalue weighted by molar-refractivity contribution is 5.87. The molecule has 24 heavy (non-hydrogen) atoms. The van der Waals surface area contributed by atoms with Crippen LogP contribution in [-0.4, -0.2) is 31.3 Å². The van der Waals surface area contributed by atoms with Crippen LogP contribution >= 0.6 is 0 Å². The molecule has 0 aliphatic rings.